The van der Waals surface area contributed by atoms with E-state index in [2.05, 4.69) is 10.3 Å². The van der Waals surface area contributed by atoms with Crippen molar-refractivity contribution in [2.45, 2.75) is 31.1 Å². The molecule has 2 atom stereocenters. The van der Waals surface area contributed by atoms with Gasteiger partial charge in [0.2, 0.25) is 5.90 Å². The molecule has 108 valence electrons. The van der Waals surface area contributed by atoms with Gasteiger partial charge in [-0.25, -0.2) is 4.99 Å². The lowest BCUT2D eigenvalue weighted by Crippen LogP contribution is -2.30. The van der Waals surface area contributed by atoms with Crippen LogP contribution in [0.4, 0.5) is 13.2 Å². The van der Waals surface area contributed by atoms with Crippen molar-refractivity contribution in [2.75, 3.05) is 13.2 Å². The molecule has 3 rings (SSSR count). The second-order valence-electron chi connectivity index (χ2n) is 5.03. The molecule has 2 aliphatic heterocycles. The number of ether oxygens (including phenoxy) is 1. The number of nitrogens with zero attached hydrogens (tertiary/aromatic N) is 1. The predicted octanol–water partition coefficient (Wildman–Crippen LogP) is 2.93. The minimum atomic E-state index is -4.36. The Hall–Kier alpha value is -1.56. The molecule has 3 nitrogen and oxygen atoms in total. The Morgan fingerprint density at radius 2 is 2.05 bits per heavy atom. The number of hydrogen-bond acceptors (Lipinski definition) is 3. The van der Waals surface area contributed by atoms with Gasteiger partial charge in [-0.05, 0) is 31.0 Å². The molecule has 0 aliphatic carbocycles. The summed E-state index contributed by atoms with van der Waals surface area (Å²) in [7, 11) is 0. The first-order valence-corrected chi connectivity index (χ1v) is 6.65. The van der Waals surface area contributed by atoms with Gasteiger partial charge in [0.1, 0.15) is 12.6 Å². The van der Waals surface area contributed by atoms with Gasteiger partial charge < -0.3 is 10.1 Å². The summed E-state index contributed by atoms with van der Waals surface area (Å²) in [5, 5.41) is 3.24. The molecule has 0 bridgehead atoms. The fraction of sp³-hybridized carbons (Fsp3) is 0.500. The highest BCUT2D eigenvalue weighted by Crippen LogP contribution is 2.37. The molecule has 1 saturated heterocycles. The quantitative estimate of drug-likeness (QED) is 0.906. The smallest absolute Gasteiger partial charge is 0.416 e. The summed E-state index contributed by atoms with van der Waals surface area (Å²) in [6.07, 6.45) is -2.40. The Kier molecular flexibility index (Phi) is 3.41. The summed E-state index contributed by atoms with van der Waals surface area (Å²) in [4.78, 5) is 4.35. The summed E-state index contributed by atoms with van der Waals surface area (Å²) >= 11 is 0. The van der Waals surface area contributed by atoms with Crippen molar-refractivity contribution in [3.8, 4) is 0 Å². The lowest BCUT2D eigenvalue weighted by atomic mass is 10.0. The van der Waals surface area contributed by atoms with Crippen LogP contribution in [0.15, 0.2) is 29.3 Å². The molecule has 0 spiro atoms. The first-order chi connectivity index (χ1) is 9.55. The van der Waals surface area contributed by atoms with Crippen LogP contribution in [0.2, 0.25) is 0 Å². The fourth-order valence-corrected chi connectivity index (χ4v) is 2.68. The number of alkyl halides is 3. The van der Waals surface area contributed by atoms with Crippen molar-refractivity contribution in [3.05, 3.63) is 35.4 Å². The monoisotopic (exact) mass is 284 g/mol. The van der Waals surface area contributed by atoms with Gasteiger partial charge in [-0.15, -0.1) is 0 Å². The van der Waals surface area contributed by atoms with Crippen molar-refractivity contribution >= 4 is 5.90 Å². The van der Waals surface area contributed by atoms with Crippen LogP contribution in [0.25, 0.3) is 0 Å². The third kappa shape index (κ3) is 2.52. The lowest BCUT2D eigenvalue weighted by Gasteiger charge is -2.14. The number of nitrogens with one attached hydrogen (secondary N) is 1. The fourth-order valence-electron chi connectivity index (χ4n) is 2.68. The lowest BCUT2D eigenvalue weighted by molar-refractivity contribution is -0.138. The molecule has 2 unspecified atom stereocenters. The maximum Gasteiger partial charge on any atom is 0.416 e. The normalized spacial score (nSPS) is 26.4. The van der Waals surface area contributed by atoms with Gasteiger partial charge in [0.25, 0.3) is 0 Å². The highest BCUT2D eigenvalue weighted by atomic mass is 19.4. The zero-order valence-electron chi connectivity index (χ0n) is 10.8. The highest BCUT2D eigenvalue weighted by Gasteiger charge is 2.37. The molecular formula is C14H15F3N2O. The van der Waals surface area contributed by atoms with Gasteiger partial charge in [0.15, 0.2) is 0 Å². The Labute approximate surface area is 114 Å². The van der Waals surface area contributed by atoms with Gasteiger partial charge in [0, 0.05) is 0 Å². The van der Waals surface area contributed by atoms with E-state index in [1.807, 2.05) is 0 Å². The Morgan fingerprint density at radius 1 is 1.25 bits per heavy atom. The summed E-state index contributed by atoms with van der Waals surface area (Å²) in [5.41, 5.74) is -0.439. The van der Waals surface area contributed by atoms with Crippen molar-refractivity contribution in [3.63, 3.8) is 0 Å². The summed E-state index contributed by atoms with van der Waals surface area (Å²) in [6, 6.07) is 5.06. The van der Waals surface area contributed by atoms with Crippen LogP contribution in [-0.4, -0.2) is 25.1 Å². The molecule has 1 aromatic carbocycles. The Bertz CT molecular complexity index is 521. The molecule has 1 fully saturated rings. The van der Waals surface area contributed by atoms with E-state index >= 15 is 0 Å². The third-order valence-electron chi connectivity index (χ3n) is 3.66. The Morgan fingerprint density at radius 3 is 2.75 bits per heavy atom. The molecule has 2 aliphatic rings. The van der Waals surface area contributed by atoms with Crippen molar-refractivity contribution in [1.29, 1.82) is 0 Å². The summed E-state index contributed by atoms with van der Waals surface area (Å²) < 4.78 is 44.5. The molecule has 1 N–H and O–H groups in total. The zero-order chi connectivity index (χ0) is 14.2. The van der Waals surface area contributed by atoms with Gasteiger partial charge in [0.05, 0.1) is 11.6 Å². The predicted molar refractivity (Wildman–Crippen MR) is 68.6 cm³/mol. The zero-order valence-corrected chi connectivity index (χ0v) is 10.8. The minimum Gasteiger partial charge on any atom is -0.477 e. The number of hydrogen-bond donors (Lipinski definition) is 1. The maximum absolute atomic E-state index is 13.0. The number of benzene rings is 1. The topological polar surface area (TPSA) is 33.6 Å². The van der Waals surface area contributed by atoms with Crippen LogP contribution < -0.4 is 5.32 Å². The van der Waals surface area contributed by atoms with Gasteiger partial charge >= 0.3 is 6.18 Å². The molecule has 0 amide bonds. The van der Waals surface area contributed by atoms with Gasteiger partial charge in [-0.1, -0.05) is 18.2 Å². The molecule has 6 heteroatoms. The van der Waals surface area contributed by atoms with E-state index in [4.69, 9.17) is 4.74 Å². The highest BCUT2D eigenvalue weighted by molar-refractivity contribution is 5.83. The largest absolute Gasteiger partial charge is 0.477 e. The maximum atomic E-state index is 13.0. The van der Waals surface area contributed by atoms with E-state index in [1.54, 1.807) is 6.07 Å². The molecular weight excluding hydrogens is 269 g/mol. The van der Waals surface area contributed by atoms with E-state index in [0.717, 1.165) is 25.5 Å². The van der Waals surface area contributed by atoms with Crippen LogP contribution in [-0.2, 0) is 10.9 Å². The van der Waals surface area contributed by atoms with Crippen molar-refractivity contribution in [1.82, 2.24) is 5.32 Å². The first kappa shape index (κ1) is 13.4. The summed E-state index contributed by atoms with van der Waals surface area (Å²) in [6.45, 7) is 1.08. The van der Waals surface area contributed by atoms with Gasteiger partial charge in [-0.3, -0.25) is 0 Å². The van der Waals surface area contributed by atoms with Crippen molar-refractivity contribution in [2.24, 2.45) is 4.99 Å². The van der Waals surface area contributed by atoms with Crippen LogP contribution in [0.3, 0.4) is 0 Å². The van der Waals surface area contributed by atoms with E-state index < -0.39 is 17.8 Å². The number of halogens is 3. The Balaban J connectivity index is 1.87. The number of rotatable bonds is 2. The van der Waals surface area contributed by atoms with E-state index in [9.17, 15) is 13.2 Å². The molecule has 0 saturated carbocycles. The summed E-state index contributed by atoms with van der Waals surface area (Å²) in [5.74, 6) is 0.546. The van der Waals surface area contributed by atoms with E-state index in [0.29, 0.717) is 5.90 Å². The van der Waals surface area contributed by atoms with Crippen LogP contribution in [0.5, 0.6) is 0 Å². The SMILES string of the molecule is FC(F)(F)c1ccccc1C1COC(C2CCCN2)=N1. The molecule has 1 aromatic rings. The van der Waals surface area contributed by atoms with Crippen LogP contribution >= 0.6 is 0 Å². The minimum absolute atomic E-state index is 0.0537. The first-order valence-electron chi connectivity index (χ1n) is 6.65. The van der Waals surface area contributed by atoms with Gasteiger partial charge in [-0.2, -0.15) is 13.2 Å². The second-order valence-corrected chi connectivity index (χ2v) is 5.03. The third-order valence-corrected chi connectivity index (χ3v) is 3.66. The molecule has 2 heterocycles. The van der Waals surface area contributed by atoms with Crippen molar-refractivity contribution < 1.29 is 17.9 Å². The second kappa shape index (κ2) is 5.09. The average Bonchev–Trinajstić information content (AvgIpc) is 3.09. The van der Waals surface area contributed by atoms with Crippen LogP contribution in [0, 0.1) is 0 Å². The van der Waals surface area contributed by atoms with E-state index in [1.165, 1.54) is 12.1 Å². The molecule has 20 heavy (non-hydrogen) atoms. The van der Waals surface area contributed by atoms with E-state index in [-0.39, 0.29) is 18.2 Å². The average molecular weight is 284 g/mol. The molecule has 0 aromatic heterocycles. The number of aliphatic imine (C=N–C) groups is 1. The van der Waals surface area contributed by atoms with Crippen LogP contribution in [0.1, 0.15) is 30.0 Å². The standard InChI is InChI=1S/C14H15F3N2O/c15-14(16,17)10-5-2-1-4-9(10)12-8-20-13(19-12)11-6-3-7-18-11/h1-2,4-5,11-12,18H,3,6-8H2. The molecule has 0 radical (unpaired) electrons.